The molecule has 0 saturated carbocycles. The van der Waals surface area contributed by atoms with Gasteiger partial charge in [-0.3, -0.25) is 9.13 Å². The number of hydrogen-bond donors (Lipinski definition) is 1. The molecule has 2 aromatic heterocycles. The molecule has 0 radical (unpaired) electrons. The number of aromatic nitrogens is 3. The first-order chi connectivity index (χ1) is 10.7. The fourth-order valence-corrected chi connectivity index (χ4v) is 3.67. The van der Waals surface area contributed by atoms with Gasteiger partial charge in [-0.25, -0.2) is 4.79 Å². The molecule has 114 valence electrons. The molecule has 0 aliphatic carbocycles. The molecule has 4 rings (SSSR count). The Morgan fingerprint density at radius 3 is 2.95 bits per heavy atom. The van der Waals surface area contributed by atoms with Crippen molar-refractivity contribution in [3.05, 3.63) is 57.9 Å². The van der Waals surface area contributed by atoms with Crippen molar-refractivity contribution >= 4 is 10.9 Å². The lowest BCUT2D eigenvalue weighted by Gasteiger charge is -2.21. The van der Waals surface area contributed by atoms with Gasteiger partial charge in [0.1, 0.15) is 0 Å². The van der Waals surface area contributed by atoms with Crippen LogP contribution in [0.15, 0.2) is 35.3 Å². The third-order valence-electron chi connectivity index (χ3n) is 4.83. The van der Waals surface area contributed by atoms with E-state index < -0.39 is 0 Å². The van der Waals surface area contributed by atoms with Gasteiger partial charge in [-0.2, -0.15) is 0 Å². The van der Waals surface area contributed by atoms with Gasteiger partial charge in [0.05, 0.1) is 6.04 Å². The summed E-state index contributed by atoms with van der Waals surface area (Å²) in [5.74, 6) is 0. The normalized spacial score (nSPS) is 16.7. The van der Waals surface area contributed by atoms with Crippen molar-refractivity contribution in [3.8, 4) is 0 Å². The number of aryl methyl sites for hydroxylation is 1. The molecule has 1 atom stereocenters. The minimum absolute atomic E-state index is 0.0709. The summed E-state index contributed by atoms with van der Waals surface area (Å²) in [7, 11) is 0. The van der Waals surface area contributed by atoms with Gasteiger partial charge in [-0.15, -0.1) is 0 Å². The predicted molar refractivity (Wildman–Crippen MR) is 88.5 cm³/mol. The van der Waals surface area contributed by atoms with Crippen LogP contribution in [-0.4, -0.2) is 14.1 Å². The van der Waals surface area contributed by atoms with Crippen LogP contribution in [0.1, 0.15) is 49.7 Å². The number of nitrogens with zero attached hydrogens (tertiary/aromatic N) is 2. The first kappa shape index (κ1) is 13.4. The number of rotatable bonds is 3. The molecule has 0 spiro atoms. The van der Waals surface area contributed by atoms with Crippen LogP contribution in [0.25, 0.3) is 10.9 Å². The summed E-state index contributed by atoms with van der Waals surface area (Å²) in [6.45, 7) is 5.08. The Labute approximate surface area is 129 Å². The molecule has 0 amide bonds. The van der Waals surface area contributed by atoms with E-state index in [1.54, 1.807) is 0 Å². The number of unbranched alkanes of at least 4 members (excludes halogenated alkanes) is 1. The van der Waals surface area contributed by atoms with Crippen molar-refractivity contribution in [2.75, 3.05) is 0 Å². The van der Waals surface area contributed by atoms with E-state index in [1.165, 1.54) is 16.6 Å². The second-order valence-corrected chi connectivity index (χ2v) is 6.24. The number of imidazole rings is 1. The third kappa shape index (κ3) is 1.79. The molecule has 0 bridgehead atoms. The number of benzene rings is 1. The highest BCUT2D eigenvalue weighted by atomic mass is 16.1. The first-order valence-electron chi connectivity index (χ1n) is 8.10. The molecule has 22 heavy (non-hydrogen) atoms. The Balaban J connectivity index is 1.85. The van der Waals surface area contributed by atoms with Crippen LogP contribution in [0, 0.1) is 0 Å². The maximum absolute atomic E-state index is 12.7. The molecular weight excluding hydrogens is 274 g/mol. The van der Waals surface area contributed by atoms with Crippen molar-refractivity contribution in [2.45, 2.75) is 45.7 Å². The van der Waals surface area contributed by atoms with E-state index in [-0.39, 0.29) is 11.7 Å². The van der Waals surface area contributed by atoms with Crippen LogP contribution in [0.4, 0.5) is 0 Å². The van der Waals surface area contributed by atoms with Gasteiger partial charge in [0, 0.05) is 41.5 Å². The molecule has 1 N–H and O–H groups in total. The van der Waals surface area contributed by atoms with Crippen LogP contribution in [0.2, 0.25) is 0 Å². The predicted octanol–water partition coefficient (Wildman–Crippen LogP) is 3.44. The molecule has 1 aromatic carbocycles. The molecule has 1 aliphatic rings. The quantitative estimate of drug-likeness (QED) is 0.790. The van der Waals surface area contributed by atoms with Crippen LogP contribution < -0.4 is 5.69 Å². The maximum Gasteiger partial charge on any atom is 0.328 e. The highest BCUT2D eigenvalue weighted by Gasteiger charge is 2.28. The van der Waals surface area contributed by atoms with Crippen molar-refractivity contribution < 1.29 is 0 Å². The zero-order valence-electron chi connectivity index (χ0n) is 13.1. The van der Waals surface area contributed by atoms with Crippen LogP contribution in [0.3, 0.4) is 0 Å². The molecule has 0 saturated heterocycles. The molecule has 1 aliphatic heterocycles. The third-order valence-corrected chi connectivity index (χ3v) is 4.83. The van der Waals surface area contributed by atoms with Crippen molar-refractivity contribution in [2.24, 2.45) is 0 Å². The summed E-state index contributed by atoms with van der Waals surface area (Å²) >= 11 is 0. The van der Waals surface area contributed by atoms with Gasteiger partial charge < -0.3 is 4.98 Å². The van der Waals surface area contributed by atoms with Gasteiger partial charge in [0.15, 0.2) is 0 Å². The van der Waals surface area contributed by atoms with E-state index in [2.05, 4.69) is 43.2 Å². The fraction of sp³-hybridized carbons (Fsp3) is 0.389. The first-order valence-corrected chi connectivity index (χ1v) is 8.10. The molecule has 4 heteroatoms. The van der Waals surface area contributed by atoms with Gasteiger partial charge in [-0.05, 0) is 25.0 Å². The monoisotopic (exact) mass is 295 g/mol. The van der Waals surface area contributed by atoms with Crippen LogP contribution in [-0.2, 0) is 13.0 Å². The number of aromatic amines is 1. The molecular formula is C18H21N3O. The Hall–Kier alpha value is -2.23. The van der Waals surface area contributed by atoms with E-state index in [4.69, 9.17) is 0 Å². The van der Waals surface area contributed by atoms with Crippen LogP contribution >= 0.6 is 0 Å². The van der Waals surface area contributed by atoms with E-state index in [9.17, 15) is 4.79 Å². The zero-order valence-corrected chi connectivity index (χ0v) is 13.1. The summed E-state index contributed by atoms with van der Waals surface area (Å²) in [5.41, 5.74) is 4.95. The summed E-state index contributed by atoms with van der Waals surface area (Å²) in [5, 5.41) is 1.28. The Bertz CT molecular complexity index is 897. The average Bonchev–Trinajstić information content (AvgIpc) is 3.05. The topological polar surface area (TPSA) is 42.7 Å². The SMILES string of the molecule is CCCCn1cc2n(c1=O)C(C)c1[nH]c3ccccc3c1C2. The number of fused-ring (bicyclic) bond motifs is 4. The summed E-state index contributed by atoms with van der Waals surface area (Å²) in [6.07, 6.45) is 5.04. The zero-order chi connectivity index (χ0) is 15.3. The second-order valence-electron chi connectivity index (χ2n) is 6.24. The molecule has 1 unspecified atom stereocenters. The summed E-state index contributed by atoms with van der Waals surface area (Å²) in [6, 6.07) is 8.47. The Morgan fingerprint density at radius 1 is 1.32 bits per heavy atom. The highest BCUT2D eigenvalue weighted by molar-refractivity contribution is 5.85. The average molecular weight is 295 g/mol. The molecule has 0 fully saturated rings. The van der Waals surface area contributed by atoms with E-state index in [0.717, 1.165) is 37.0 Å². The lowest BCUT2D eigenvalue weighted by molar-refractivity contribution is 0.532. The van der Waals surface area contributed by atoms with Gasteiger partial charge in [0.25, 0.3) is 0 Å². The smallest absolute Gasteiger partial charge is 0.328 e. The second kappa shape index (κ2) is 4.90. The van der Waals surface area contributed by atoms with E-state index in [1.807, 2.05) is 15.2 Å². The summed E-state index contributed by atoms with van der Waals surface area (Å²) < 4.78 is 3.83. The fourth-order valence-electron chi connectivity index (χ4n) is 3.67. The van der Waals surface area contributed by atoms with E-state index >= 15 is 0 Å². The van der Waals surface area contributed by atoms with Crippen LogP contribution in [0.5, 0.6) is 0 Å². The minimum Gasteiger partial charge on any atom is -0.356 e. The van der Waals surface area contributed by atoms with Gasteiger partial charge in [0.2, 0.25) is 0 Å². The maximum atomic E-state index is 12.7. The Morgan fingerprint density at radius 2 is 2.14 bits per heavy atom. The standard InChI is InChI=1S/C18H21N3O/c1-3-4-9-20-11-13-10-15-14-7-5-6-8-16(14)19-17(15)12(2)21(13)18(20)22/h5-8,11-12,19H,3-4,9-10H2,1-2H3. The number of nitrogens with one attached hydrogen (secondary N) is 1. The van der Waals surface area contributed by atoms with Crippen molar-refractivity contribution in [3.63, 3.8) is 0 Å². The minimum atomic E-state index is 0.0709. The van der Waals surface area contributed by atoms with E-state index in [0.29, 0.717) is 0 Å². The Kier molecular flexibility index (Phi) is 2.99. The summed E-state index contributed by atoms with van der Waals surface area (Å²) in [4.78, 5) is 16.2. The number of para-hydroxylation sites is 1. The molecule has 3 heterocycles. The largest absolute Gasteiger partial charge is 0.356 e. The van der Waals surface area contributed by atoms with Gasteiger partial charge in [-0.1, -0.05) is 31.5 Å². The van der Waals surface area contributed by atoms with Gasteiger partial charge >= 0.3 is 5.69 Å². The lowest BCUT2D eigenvalue weighted by atomic mass is 9.98. The molecule has 4 nitrogen and oxygen atoms in total. The van der Waals surface area contributed by atoms with Crippen molar-refractivity contribution in [1.82, 2.24) is 14.1 Å². The molecule has 3 aromatic rings. The lowest BCUT2D eigenvalue weighted by Crippen LogP contribution is -2.30. The highest BCUT2D eigenvalue weighted by Crippen LogP contribution is 2.34. The number of H-pyrrole nitrogens is 1. The van der Waals surface area contributed by atoms with Crippen molar-refractivity contribution in [1.29, 1.82) is 0 Å². The number of hydrogen-bond acceptors (Lipinski definition) is 1.